The molecule has 1 heterocycles. The summed E-state index contributed by atoms with van der Waals surface area (Å²) in [5.41, 5.74) is 3.83. The third-order valence-electron chi connectivity index (χ3n) is 5.89. The summed E-state index contributed by atoms with van der Waals surface area (Å²) in [6, 6.07) is 31.8. The molecule has 0 spiro atoms. The molecule has 0 radical (unpaired) electrons. The van der Waals surface area contributed by atoms with Crippen LogP contribution in [0, 0.1) is 0 Å². The minimum absolute atomic E-state index is 0.258. The first-order valence-corrected chi connectivity index (χ1v) is 10.8. The molecule has 1 atom stereocenters. The minimum atomic E-state index is 0.258. The van der Waals surface area contributed by atoms with Gasteiger partial charge in [0.15, 0.2) is 0 Å². The molecule has 150 valence electrons. The van der Waals surface area contributed by atoms with Crippen LogP contribution in [0.15, 0.2) is 91.0 Å². The molecule has 0 amide bonds. The summed E-state index contributed by atoms with van der Waals surface area (Å²) in [7, 11) is 0. The lowest BCUT2D eigenvalue weighted by Gasteiger charge is -2.26. The van der Waals surface area contributed by atoms with E-state index < -0.39 is 0 Å². The SMILES string of the molecule is c1ccc(COc2ccc3c(c2)OC(CCc2ccc4ccccc4c2)CC3)cc1. The van der Waals surface area contributed by atoms with Crippen LogP contribution < -0.4 is 9.47 Å². The smallest absolute Gasteiger partial charge is 0.126 e. The first-order valence-electron chi connectivity index (χ1n) is 10.8. The Kier molecular flexibility index (Phi) is 5.39. The highest BCUT2D eigenvalue weighted by Crippen LogP contribution is 2.33. The third kappa shape index (κ3) is 4.33. The van der Waals surface area contributed by atoms with E-state index in [9.17, 15) is 0 Å². The lowest BCUT2D eigenvalue weighted by molar-refractivity contribution is 0.163. The zero-order chi connectivity index (χ0) is 20.2. The number of fused-ring (bicyclic) bond motifs is 2. The van der Waals surface area contributed by atoms with Crippen LogP contribution in [0.4, 0.5) is 0 Å². The fourth-order valence-electron chi connectivity index (χ4n) is 4.16. The first kappa shape index (κ1) is 18.7. The summed E-state index contributed by atoms with van der Waals surface area (Å²) in [6.45, 7) is 0.574. The van der Waals surface area contributed by atoms with Crippen LogP contribution in [0.1, 0.15) is 29.5 Å². The highest BCUT2D eigenvalue weighted by atomic mass is 16.5. The molecule has 4 aromatic carbocycles. The second-order valence-corrected chi connectivity index (χ2v) is 8.04. The van der Waals surface area contributed by atoms with Crippen molar-refractivity contribution >= 4 is 10.8 Å². The largest absolute Gasteiger partial charge is 0.490 e. The van der Waals surface area contributed by atoms with Crippen molar-refractivity contribution in [3.63, 3.8) is 0 Å². The Morgan fingerprint density at radius 1 is 0.767 bits per heavy atom. The van der Waals surface area contributed by atoms with Gasteiger partial charge < -0.3 is 9.47 Å². The summed E-state index contributed by atoms with van der Waals surface area (Å²) in [6.07, 6.45) is 4.47. The van der Waals surface area contributed by atoms with Crippen LogP contribution in [0.25, 0.3) is 10.8 Å². The summed E-state index contributed by atoms with van der Waals surface area (Å²) >= 11 is 0. The van der Waals surface area contributed by atoms with Gasteiger partial charge in [-0.1, -0.05) is 78.9 Å². The number of hydrogen-bond acceptors (Lipinski definition) is 2. The monoisotopic (exact) mass is 394 g/mol. The van der Waals surface area contributed by atoms with E-state index >= 15 is 0 Å². The lowest BCUT2D eigenvalue weighted by atomic mass is 9.97. The maximum Gasteiger partial charge on any atom is 0.126 e. The van der Waals surface area contributed by atoms with Crippen molar-refractivity contribution in [3.05, 3.63) is 108 Å². The number of benzene rings is 4. The van der Waals surface area contributed by atoms with Gasteiger partial charge in [-0.25, -0.2) is 0 Å². The molecule has 4 aromatic rings. The van der Waals surface area contributed by atoms with Crippen molar-refractivity contribution < 1.29 is 9.47 Å². The molecular weight excluding hydrogens is 368 g/mol. The number of hydrogen-bond donors (Lipinski definition) is 0. The fourth-order valence-corrected chi connectivity index (χ4v) is 4.16. The molecule has 30 heavy (non-hydrogen) atoms. The number of rotatable bonds is 6. The molecule has 1 unspecified atom stereocenters. The molecule has 0 aliphatic carbocycles. The molecule has 0 fully saturated rings. The zero-order valence-electron chi connectivity index (χ0n) is 17.1. The maximum absolute atomic E-state index is 6.35. The van der Waals surface area contributed by atoms with Crippen molar-refractivity contribution in [3.8, 4) is 11.5 Å². The lowest BCUT2D eigenvalue weighted by Crippen LogP contribution is -2.23. The van der Waals surface area contributed by atoms with E-state index in [0.717, 1.165) is 37.2 Å². The summed E-state index contributed by atoms with van der Waals surface area (Å²) in [4.78, 5) is 0. The number of aryl methyl sites for hydroxylation is 2. The molecule has 0 N–H and O–H groups in total. The molecule has 0 saturated heterocycles. The average molecular weight is 395 g/mol. The van der Waals surface area contributed by atoms with Gasteiger partial charge in [-0.3, -0.25) is 0 Å². The second-order valence-electron chi connectivity index (χ2n) is 8.04. The predicted molar refractivity (Wildman–Crippen MR) is 122 cm³/mol. The fraction of sp³-hybridized carbons (Fsp3) is 0.214. The van der Waals surface area contributed by atoms with Crippen LogP contribution in [-0.4, -0.2) is 6.10 Å². The van der Waals surface area contributed by atoms with Crippen molar-refractivity contribution in [2.75, 3.05) is 0 Å². The van der Waals surface area contributed by atoms with Gasteiger partial charge in [0.1, 0.15) is 18.1 Å². The molecule has 0 saturated carbocycles. The van der Waals surface area contributed by atoms with Crippen LogP contribution in [0.2, 0.25) is 0 Å². The molecular formula is C28H26O2. The maximum atomic E-state index is 6.35. The molecule has 0 bridgehead atoms. The average Bonchev–Trinajstić information content (AvgIpc) is 2.81. The third-order valence-corrected chi connectivity index (χ3v) is 5.89. The van der Waals surface area contributed by atoms with E-state index in [0.29, 0.717) is 6.61 Å². The van der Waals surface area contributed by atoms with Crippen molar-refractivity contribution in [2.45, 2.75) is 38.4 Å². The van der Waals surface area contributed by atoms with E-state index in [-0.39, 0.29) is 6.10 Å². The summed E-state index contributed by atoms with van der Waals surface area (Å²) in [5.74, 6) is 1.85. The Hall–Kier alpha value is -3.26. The van der Waals surface area contributed by atoms with Gasteiger partial charge in [-0.15, -0.1) is 0 Å². The normalized spacial score (nSPS) is 15.4. The topological polar surface area (TPSA) is 18.5 Å². The summed E-state index contributed by atoms with van der Waals surface area (Å²) < 4.78 is 12.3. The molecule has 1 aliphatic rings. The Balaban J connectivity index is 1.21. The highest BCUT2D eigenvalue weighted by Gasteiger charge is 2.20. The summed E-state index contributed by atoms with van der Waals surface area (Å²) in [5, 5.41) is 2.61. The predicted octanol–water partition coefficient (Wildman–Crippen LogP) is 6.75. The first-order chi connectivity index (χ1) is 14.8. The van der Waals surface area contributed by atoms with Crippen LogP contribution >= 0.6 is 0 Å². The van der Waals surface area contributed by atoms with Crippen molar-refractivity contribution in [2.24, 2.45) is 0 Å². The van der Waals surface area contributed by atoms with E-state index in [1.54, 1.807) is 0 Å². The zero-order valence-corrected chi connectivity index (χ0v) is 17.1. The van der Waals surface area contributed by atoms with Gasteiger partial charge in [0.05, 0.1) is 6.10 Å². The Morgan fingerprint density at radius 2 is 1.60 bits per heavy atom. The molecule has 1 aliphatic heterocycles. The molecule has 2 heteroatoms. The quantitative estimate of drug-likeness (QED) is 0.360. The van der Waals surface area contributed by atoms with Crippen molar-refractivity contribution in [1.82, 2.24) is 0 Å². The van der Waals surface area contributed by atoms with Gasteiger partial charge in [0.2, 0.25) is 0 Å². The molecule has 0 aromatic heterocycles. The molecule has 2 nitrogen and oxygen atoms in total. The van der Waals surface area contributed by atoms with E-state index in [2.05, 4.69) is 72.8 Å². The standard InChI is InChI=1S/C28H26O2/c1-2-6-22(7-3-1)20-29-27-17-14-24-13-16-26(30-28(24)19-27)15-11-21-10-12-23-8-4-5-9-25(23)18-21/h1-10,12,14,17-19,26H,11,13,15-16,20H2. The highest BCUT2D eigenvalue weighted by molar-refractivity contribution is 5.82. The van der Waals surface area contributed by atoms with Crippen LogP contribution in [0.5, 0.6) is 11.5 Å². The van der Waals surface area contributed by atoms with E-state index in [1.165, 1.54) is 27.5 Å². The Labute approximate surface area is 178 Å². The molecule has 5 rings (SSSR count). The second kappa shape index (κ2) is 8.62. The van der Waals surface area contributed by atoms with Crippen LogP contribution in [-0.2, 0) is 19.4 Å². The van der Waals surface area contributed by atoms with Gasteiger partial charge >= 0.3 is 0 Å². The number of ether oxygens (including phenoxy) is 2. The van der Waals surface area contributed by atoms with Crippen LogP contribution in [0.3, 0.4) is 0 Å². The van der Waals surface area contributed by atoms with Gasteiger partial charge in [-0.05, 0) is 59.2 Å². The van der Waals surface area contributed by atoms with Gasteiger partial charge in [-0.2, -0.15) is 0 Å². The van der Waals surface area contributed by atoms with E-state index in [4.69, 9.17) is 9.47 Å². The van der Waals surface area contributed by atoms with E-state index in [1.807, 2.05) is 18.2 Å². The van der Waals surface area contributed by atoms with Gasteiger partial charge in [0, 0.05) is 6.07 Å². The minimum Gasteiger partial charge on any atom is -0.490 e. The Bertz CT molecular complexity index is 1130. The Morgan fingerprint density at radius 3 is 2.50 bits per heavy atom. The van der Waals surface area contributed by atoms with Crippen molar-refractivity contribution in [1.29, 1.82) is 0 Å². The van der Waals surface area contributed by atoms with Gasteiger partial charge in [0.25, 0.3) is 0 Å².